The van der Waals surface area contributed by atoms with Crippen LogP contribution in [-0.4, -0.2) is 78.5 Å². The summed E-state index contributed by atoms with van der Waals surface area (Å²) in [5.41, 5.74) is 7.85. The van der Waals surface area contributed by atoms with Crippen LogP contribution < -0.4 is 11.1 Å². The smallest absolute Gasteiger partial charge is 0.254 e. The molecule has 0 aromatic heterocycles. The molecule has 3 amide bonds. The molecule has 3 aliphatic rings. The Bertz CT molecular complexity index is 1240. The Kier molecular flexibility index (Phi) is 10.5. The van der Waals surface area contributed by atoms with Crippen molar-refractivity contribution in [1.82, 2.24) is 15.1 Å². The molecule has 2 aromatic rings. The summed E-state index contributed by atoms with van der Waals surface area (Å²) in [6.07, 6.45) is 6.76. The maximum Gasteiger partial charge on any atom is 0.254 e. The van der Waals surface area contributed by atoms with Crippen molar-refractivity contribution < 1.29 is 23.5 Å². The first-order chi connectivity index (χ1) is 20.8. The van der Waals surface area contributed by atoms with Crippen LogP contribution in [0.15, 0.2) is 48.5 Å². The van der Waals surface area contributed by atoms with Crippen LogP contribution in [0.5, 0.6) is 0 Å². The lowest BCUT2D eigenvalue weighted by atomic mass is 9.82. The molecule has 43 heavy (non-hydrogen) atoms. The third kappa shape index (κ3) is 7.81. The van der Waals surface area contributed by atoms with Gasteiger partial charge in [0.15, 0.2) is 0 Å². The van der Waals surface area contributed by atoms with Gasteiger partial charge in [-0.15, -0.1) is 0 Å². The first kappa shape index (κ1) is 31.1. The molecule has 8 nitrogen and oxygen atoms in total. The molecular formula is C34H45FN4O4. The number of piperidine rings is 1. The predicted molar refractivity (Wildman–Crippen MR) is 163 cm³/mol. The summed E-state index contributed by atoms with van der Waals surface area (Å²) in [6.45, 7) is 4.64. The summed E-state index contributed by atoms with van der Waals surface area (Å²) in [6, 6.07) is 12.0. The number of benzene rings is 2. The third-order valence-electron chi connectivity index (χ3n) is 9.52. The average Bonchev–Trinajstić information content (AvgIpc) is 3.56. The number of rotatable bonds is 9. The van der Waals surface area contributed by atoms with Gasteiger partial charge in [0.2, 0.25) is 5.91 Å². The molecule has 0 radical (unpaired) electrons. The summed E-state index contributed by atoms with van der Waals surface area (Å²) in [7, 11) is 0. The third-order valence-corrected chi connectivity index (χ3v) is 9.52. The number of amides is 3. The van der Waals surface area contributed by atoms with Gasteiger partial charge in [-0.05, 0) is 113 Å². The van der Waals surface area contributed by atoms with Crippen molar-refractivity contribution in [2.24, 2.45) is 17.6 Å². The predicted octanol–water partition coefficient (Wildman–Crippen LogP) is 4.31. The molecular weight excluding hydrogens is 547 g/mol. The molecule has 3 N–H and O–H groups in total. The van der Waals surface area contributed by atoms with Crippen molar-refractivity contribution >= 4 is 17.7 Å². The molecule has 2 heterocycles. The fraction of sp³-hybridized carbons (Fsp3) is 0.559. The quantitative estimate of drug-likeness (QED) is 0.452. The second-order valence-electron chi connectivity index (χ2n) is 12.5. The Hall–Kier alpha value is -3.30. The Morgan fingerprint density at radius 3 is 2.28 bits per heavy atom. The monoisotopic (exact) mass is 592 g/mol. The van der Waals surface area contributed by atoms with Gasteiger partial charge in [0.25, 0.3) is 11.8 Å². The van der Waals surface area contributed by atoms with E-state index in [1.165, 1.54) is 24.3 Å². The van der Waals surface area contributed by atoms with Gasteiger partial charge < -0.3 is 25.6 Å². The van der Waals surface area contributed by atoms with E-state index < -0.39 is 11.9 Å². The highest BCUT2D eigenvalue weighted by Gasteiger charge is 2.41. The lowest BCUT2D eigenvalue weighted by Crippen LogP contribution is -2.59. The largest absolute Gasteiger partial charge is 0.376 e. The minimum atomic E-state index is -0.721. The minimum Gasteiger partial charge on any atom is -0.376 e. The van der Waals surface area contributed by atoms with Gasteiger partial charge in [-0.2, -0.15) is 0 Å². The summed E-state index contributed by atoms with van der Waals surface area (Å²) in [5, 5.41) is 3.17. The van der Waals surface area contributed by atoms with Crippen LogP contribution in [0.2, 0.25) is 0 Å². The van der Waals surface area contributed by atoms with E-state index in [0.717, 1.165) is 44.1 Å². The van der Waals surface area contributed by atoms with E-state index >= 15 is 0 Å². The van der Waals surface area contributed by atoms with Crippen molar-refractivity contribution in [3.63, 3.8) is 0 Å². The highest BCUT2D eigenvalue weighted by Crippen LogP contribution is 2.29. The van der Waals surface area contributed by atoms with Crippen LogP contribution in [-0.2, 0) is 9.53 Å². The van der Waals surface area contributed by atoms with Crippen LogP contribution in [0.4, 0.5) is 4.39 Å². The van der Waals surface area contributed by atoms with E-state index in [4.69, 9.17) is 10.5 Å². The number of nitrogens with zero attached hydrogens (tertiary/aromatic N) is 2. The van der Waals surface area contributed by atoms with Crippen LogP contribution >= 0.6 is 0 Å². The minimum absolute atomic E-state index is 0.0902. The number of nitrogens with one attached hydrogen (secondary N) is 1. The first-order valence-electron chi connectivity index (χ1n) is 15.9. The van der Waals surface area contributed by atoms with Crippen molar-refractivity contribution in [2.45, 2.75) is 76.5 Å². The standard InChI is InChI=1S/C34H45FN4O4/c1-23-4-10-26(11-5-23)33(41)38-17-16-29(19-31(38)32(40)37-21-25-8-6-24(20-36)7-9-25)39(22-30-3-2-18-43-30)34(42)27-12-14-28(35)15-13-27/h4-5,10-15,24-25,29-31H,2-3,6-9,16-22,36H2,1H3,(H,37,40)/t24?,25?,29?,30?,31-/m1/s1. The summed E-state index contributed by atoms with van der Waals surface area (Å²) >= 11 is 0. The fourth-order valence-corrected chi connectivity index (χ4v) is 6.78. The normalized spacial score (nSPS) is 25.7. The molecule has 0 bridgehead atoms. The topological polar surface area (TPSA) is 105 Å². The lowest BCUT2D eigenvalue weighted by molar-refractivity contribution is -0.127. The first-order valence-corrected chi connectivity index (χ1v) is 15.9. The molecule has 1 saturated carbocycles. The lowest BCUT2D eigenvalue weighted by Gasteiger charge is -2.43. The van der Waals surface area contributed by atoms with E-state index in [0.29, 0.717) is 68.6 Å². The van der Waals surface area contributed by atoms with E-state index in [1.807, 2.05) is 19.1 Å². The van der Waals surface area contributed by atoms with Crippen molar-refractivity contribution in [3.8, 4) is 0 Å². The molecule has 0 spiro atoms. The van der Waals surface area contributed by atoms with Crippen molar-refractivity contribution in [3.05, 3.63) is 71.0 Å². The number of likely N-dealkylation sites (tertiary alicyclic amines) is 1. The Balaban J connectivity index is 1.36. The number of hydrogen-bond acceptors (Lipinski definition) is 5. The summed E-state index contributed by atoms with van der Waals surface area (Å²) in [5.74, 6) is -0.0337. The van der Waals surface area contributed by atoms with E-state index in [1.54, 1.807) is 21.9 Å². The molecule has 2 unspecified atom stereocenters. The van der Waals surface area contributed by atoms with Gasteiger partial charge in [0, 0.05) is 43.4 Å². The SMILES string of the molecule is Cc1ccc(C(=O)N2CCC(N(CC3CCCO3)C(=O)c3ccc(F)cc3)C[C@@H]2C(=O)NCC2CCC(CN)CC2)cc1. The van der Waals surface area contributed by atoms with Gasteiger partial charge in [-0.1, -0.05) is 17.7 Å². The van der Waals surface area contributed by atoms with E-state index in [9.17, 15) is 18.8 Å². The maximum absolute atomic E-state index is 13.9. The fourth-order valence-electron chi connectivity index (χ4n) is 6.78. The zero-order valence-corrected chi connectivity index (χ0v) is 25.2. The highest BCUT2D eigenvalue weighted by molar-refractivity contribution is 5.98. The number of nitrogens with two attached hydrogens (primary N) is 1. The molecule has 2 saturated heterocycles. The van der Waals surface area contributed by atoms with Crippen LogP contribution in [0.25, 0.3) is 0 Å². The second kappa shape index (κ2) is 14.4. The summed E-state index contributed by atoms with van der Waals surface area (Å²) < 4.78 is 19.6. The van der Waals surface area contributed by atoms with E-state index in [-0.39, 0.29) is 29.9 Å². The zero-order valence-electron chi connectivity index (χ0n) is 25.2. The molecule has 2 aliphatic heterocycles. The van der Waals surface area contributed by atoms with Gasteiger partial charge >= 0.3 is 0 Å². The van der Waals surface area contributed by atoms with E-state index in [2.05, 4.69) is 5.32 Å². The van der Waals surface area contributed by atoms with Crippen LogP contribution in [0.3, 0.4) is 0 Å². The summed E-state index contributed by atoms with van der Waals surface area (Å²) in [4.78, 5) is 44.9. The number of ether oxygens (including phenoxy) is 1. The van der Waals surface area contributed by atoms with Crippen molar-refractivity contribution in [1.29, 1.82) is 0 Å². The highest BCUT2D eigenvalue weighted by atomic mass is 19.1. The van der Waals surface area contributed by atoms with Gasteiger partial charge in [0.1, 0.15) is 11.9 Å². The second-order valence-corrected chi connectivity index (χ2v) is 12.5. The van der Waals surface area contributed by atoms with Crippen LogP contribution in [0, 0.1) is 24.6 Å². The van der Waals surface area contributed by atoms with Crippen LogP contribution in [0.1, 0.15) is 77.6 Å². The molecule has 1 aliphatic carbocycles. The molecule has 232 valence electrons. The molecule has 2 aromatic carbocycles. The van der Waals surface area contributed by atoms with Gasteiger partial charge in [-0.3, -0.25) is 14.4 Å². The Labute approximate surface area is 254 Å². The number of aryl methyl sites for hydroxylation is 1. The number of hydrogen-bond donors (Lipinski definition) is 2. The number of carbonyl (C=O) groups excluding carboxylic acids is 3. The van der Waals surface area contributed by atoms with Crippen molar-refractivity contribution in [2.75, 3.05) is 32.8 Å². The Morgan fingerprint density at radius 1 is 0.953 bits per heavy atom. The van der Waals surface area contributed by atoms with Gasteiger partial charge in [0.05, 0.1) is 6.10 Å². The molecule has 3 atom stereocenters. The zero-order chi connectivity index (χ0) is 30.3. The number of halogens is 1. The molecule has 9 heteroatoms. The Morgan fingerprint density at radius 2 is 1.63 bits per heavy atom. The number of carbonyl (C=O) groups is 3. The molecule has 3 fully saturated rings. The molecule has 5 rings (SSSR count). The maximum atomic E-state index is 13.9. The average molecular weight is 593 g/mol. The van der Waals surface area contributed by atoms with Gasteiger partial charge in [-0.25, -0.2) is 4.39 Å².